The molecule has 2 heterocycles. The smallest absolute Gasteiger partial charge is 0.183 e. The summed E-state index contributed by atoms with van der Waals surface area (Å²) in [5.41, 5.74) is -0.531. The molecule has 0 aromatic heterocycles. The second-order valence-corrected chi connectivity index (χ2v) is 9.14. The Bertz CT molecular complexity index is 629. The van der Waals surface area contributed by atoms with E-state index < -0.39 is 5.60 Å². The van der Waals surface area contributed by atoms with Gasteiger partial charge in [0.2, 0.25) is 0 Å². The highest BCUT2D eigenvalue weighted by Crippen LogP contribution is 2.41. The molecular formula is C24H36N2O2. The Hall–Kier alpha value is -1.23. The Labute approximate surface area is 169 Å². The van der Waals surface area contributed by atoms with Gasteiger partial charge in [0.1, 0.15) is 0 Å². The normalized spacial score (nSPS) is 25.6. The average molecular weight is 385 g/mol. The molecule has 4 nitrogen and oxygen atoms in total. The molecule has 2 aliphatic heterocycles. The van der Waals surface area contributed by atoms with Crippen LogP contribution in [0.1, 0.15) is 63.4 Å². The van der Waals surface area contributed by atoms with Crippen LogP contribution in [0.2, 0.25) is 0 Å². The van der Waals surface area contributed by atoms with Gasteiger partial charge in [0.25, 0.3) is 0 Å². The first-order valence-electron chi connectivity index (χ1n) is 11.5. The lowest BCUT2D eigenvalue weighted by molar-refractivity contribution is -0.146. The first-order valence-corrected chi connectivity index (χ1v) is 11.5. The van der Waals surface area contributed by atoms with Gasteiger partial charge in [-0.15, -0.1) is 0 Å². The quantitative estimate of drug-likeness (QED) is 0.814. The van der Waals surface area contributed by atoms with Crippen LogP contribution in [0.25, 0.3) is 0 Å². The second-order valence-electron chi connectivity index (χ2n) is 9.14. The first kappa shape index (κ1) is 20.1. The number of nitrogens with zero attached hydrogens (tertiary/aromatic N) is 2. The van der Waals surface area contributed by atoms with E-state index in [9.17, 15) is 9.90 Å². The van der Waals surface area contributed by atoms with Crippen molar-refractivity contribution in [2.24, 2.45) is 5.92 Å². The lowest BCUT2D eigenvalue weighted by atomic mass is 9.76. The molecule has 3 fully saturated rings. The fraction of sp³-hybridized carbons (Fsp3) is 0.708. The van der Waals surface area contributed by atoms with Crippen LogP contribution in [0.4, 0.5) is 0 Å². The minimum atomic E-state index is -1.32. The molecule has 1 saturated carbocycles. The maximum absolute atomic E-state index is 13.4. The topological polar surface area (TPSA) is 43.8 Å². The minimum Gasteiger partial charge on any atom is -0.377 e. The van der Waals surface area contributed by atoms with E-state index in [4.69, 9.17) is 0 Å². The minimum absolute atomic E-state index is 0.00187. The van der Waals surface area contributed by atoms with Crippen LogP contribution in [0.5, 0.6) is 0 Å². The zero-order chi connectivity index (χ0) is 19.4. The number of aliphatic hydroxyl groups is 1. The summed E-state index contributed by atoms with van der Waals surface area (Å²) >= 11 is 0. The standard InChI is InChI=1S/C24H36N2O2/c27-23(19-25-17-13-22(14-18-25)26-15-7-2-8-16-26)24(28,21-11-5-6-12-21)20-9-3-1-4-10-20/h1,3-4,9-10,21-22,28H,2,5-8,11-19H2. The van der Waals surface area contributed by atoms with Gasteiger partial charge >= 0.3 is 0 Å². The number of Topliss-reactive ketones (excluding diaryl/α,β-unsaturated/α-hetero) is 1. The average Bonchev–Trinajstić information content (AvgIpc) is 3.30. The SMILES string of the molecule is O=C(CN1CCC(N2CCCCC2)CC1)C(O)(c1ccccc1)C1CCCC1. The van der Waals surface area contributed by atoms with Gasteiger partial charge in [0, 0.05) is 19.1 Å². The lowest BCUT2D eigenvalue weighted by Crippen LogP contribution is -2.51. The summed E-state index contributed by atoms with van der Waals surface area (Å²) in [5, 5.41) is 11.7. The number of carbonyl (C=O) groups is 1. The third-order valence-corrected chi connectivity index (χ3v) is 7.42. The van der Waals surface area contributed by atoms with Gasteiger partial charge in [0.15, 0.2) is 11.4 Å². The molecule has 28 heavy (non-hydrogen) atoms. The van der Waals surface area contributed by atoms with Crippen molar-refractivity contribution in [2.75, 3.05) is 32.7 Å². The lowest BCUT2D eigenvalue weighted by Gasteiger charge is -2.41. The summed E-state index contributed by atoms with van der Waals surface area (Å²) in [4.78, 5) is 18.4. The number of rotatable bonds is 6. The Balaban J connectivity index is 1.39. The van der Waals surface area contributed by atoms with Gasteiger partial charge < -0.3 is 10.0 Å². The largest absolute Gasteiger partial charge is 0.377 e. The molecule has 0 amide bonds. The van der Waals surface area contributed by atoms with Crippen molar-refractivity contribution in [1.29, 1.82) is 0 Å². The summed E-state index contributed by atoms with van der Waals surface area (Å²) < 4.78 is 0. The number of likely N-dealkylation sites (tertiary alicyclic amines) is 2. The van der Waals surface area contributed by atoms with Crippen LogP contribution in [0, 0.1) is 5.92 Å². The molecule has 4 heteroatoms. The van der Waals surface area contributed by atoms with E-state index in [1.807, 2.05) is 30.3 Å². The molecule has 0 spiro atoms. The van der Waals surface area contributed by atoms with E-state index in [1.54, 1.807) is 0 Å². The van der Waals surface area contributed by atoms with Crippen molar-refractivity contribution >= 4 is 5.78 Å². The Kier molecular flexibility index (Phi) is 6.49. The van der Waals surface area contributed by atoms with Crippen LogP contribution >= 0.6 is 0 Å². The molecule has 0 radical (unpaired) electrons. The predicted octanol–water partition coefficient (Wildman–Crippen LogP) is 3.58. The fourth-order valence-corrected chi connectivity index (χ4v) is 5.71. The Morgan fingerprint density at radius 3 is 2.18 bits per heavy atom. The third kappa shape index (κ3) is 4.19. The zero-order valence-corrected chi connectivity index (χ0v) is 17.2. The molecule has 3 aliphatic rings. The molecule has 154 valence electrons. The van der Waals surface area contributed by atoms with E-state index >= 15 is 0 Å². The van der Waals surface area contributed by atoms with E-state index in [-0.39, 0.29) is 11.7 Å². The molecule has 1 atom stereocenters. The van der Waals surface area contributed by atoms with Gasteiger partial charge in [-0.1, -0.05) is 49.6 Å². The van der Waals surface area contributed by atoms with Crippen molar-refractivity contribution in [3.63, 3.8) is 0 Å². The molecule has 1 aromatic carbocycles. The van der Waals surface area contributed by atoms with Gasteiger partial charge in [-0.25, -0.2) is 0 Å². The van der Waals surface area contributed by atoms with Crippen molar-refractivity contribution in [1.82, 2.24) is 9.80 Å². The summed E-state index contributed by atoms with van der Waals surface area (Å²) in [6.07, 6.45) is 10.5. The molecule has 4 rings (SSSR count). The van der Waals surface area contributed by atoms with E-state index in [2.05, 4.69) is 9.80 Å². The molecular weight excluding hydrogens is 348 g/mol. The van der Waals surface area contributed by atoms with Crippen molar-refractivity contribution in [2.45, 2.75) is 69.4 Å². The Morgan fingerprint density at radius 1 is 0.893 bits per heavy atom. The van der Waals surface area contributed by atoms with Gasteiger partial charge in [-0.05, 0) is 63.1 Å². The molecule has 2 saturated heterocycles. The maximum Gasteiger partial charge on any atom is 0.183 e. The summed E-state index contributed by atoms with van der Waals surface area (Å²) in [5.74, 6) is 0.0651. The molecule has 1 N–H and O–H groups in total. The monoisotopic (exact) mass is 384 g/mol. The second kappa shape index (κ2) is 9.06. The van der Waals surface area contributed by atoms with Crippen LogP contribution in [-0.4, -0.2) is 59.5 Å². The summed E-state index contributed by atoms with van der Waals surface area (Å²) in [6, 6.07) is 10.4. The number of ketones is 1. The number of benzene rings is 1. The number of carbonyl (C=O) groups excluding carboxylic acids is 1. The maximum atomic E-state index is 13.4. The van der Waals surface area contributed by atoms with Crippen LogP contribution in [0.15, 0.2) is 30.3 Å². The highest BCUT2D eigenvalue weighted by Gasteiger charge is 2.46. The zero-order valence-electron chi connectivity index (χ0n) is 17.2. The molecule has 1 aromatic rings. The fourth-order valence-electron chi connectivity index (χ4n) is 5.71. The van der Waals surface area contributed by atoms with Crippen molar-refractivity contribution < 1.29 is 9.90 Å². The number of piperidine rings is 2. The van der Waals surface area contributed by atoms with Crippen LogP contribution in [-0.2, 0) is 10.4 Å². The van der Waals surface area contributed by atoms with E-state index in [0.29, 0.717) is 12.6 Å². The highest BCUT2D eigenvalue weighted by atomic mass is 16.3. The van der Waals surface area contributed by atoms with Crippen LogP contribution in [0.3, 0.4) is 0 Å². The van der Waals surface area contributed by atoms with E-state index in [1.165, 1.54) is 32.4 Å². The number of hydrogen-bond donors (Lipinski definition) is 1. The first-order chi connectivity index (χ1) is 13.7. The van der Waals surface area contributed by atoms with Gasteiger partial charge in [-0.3, -0.25) is 9.69 Å². The van der Waals surface area contributed by atoms with Crippen molar-refractivity contribution in [3.8, 4) is 0 Å². The molecule has 1 aliphatic carbocycles. The number of hydrogen-bond acceptors (Lipinski definition) is 4. The van der Waals surface area contributed by atoms with Gasteiger partial charge in [-0.2, -0.15) is 0 Å². The predicted molar refractivity (Wildman–Crippen MR) is 112 cm³/mol. The van der Waals surface area contributed by atoms with E-state index in [0.717, 1.165) is 57.2 Å². The molecule has 1 unspecified atom stereocenters. The third-order valence-electron chi connectivity index (χ3n) is 7.42. The van der Waals surface area contributed by atoms with Gasteiger partial charge in [0.05, 0.1) is 6.54 Å². The Morgan fingerprint density at radius 2 is 1.54 bits per heavy atom. The molecule has 0 bridgehead atoms. The van der Waals surface area contributed by atoms with Crippen LogP contribution < -0.4 is 0 Å². The van der Waals surface area contributed by atoms with Crippen molar-refractivity contribution in [3.05, 3.63) is 35.9 Å². The summed E-state index contributed by atoms with van der Waals surface area (Å²) in [7, 11) is 0. The highest BCUT2D eigenvalue weighted by molar-refractivity contribution is 5.90. The summed E-state index contributed by atoms with van der Waals surface area (Å²) in [6.45, 7) is 4.83.